The number of fused-ring (bicyclic) bond motifs is 1. The minimum Gasteiger partial charge on any atom is -0.494 e. The maximum atomic E-state index is 13.5. The lowest BCUT2D eigenvalue weighted by atomic mass is 10.1. The maximum absolute atomic E-state index is 13.5. The summed E-state index contributed by atoms with van der Waals surface area (Å²) in [7, 11) is -7.65. The van der Waals surface area contributed by atoms with Gasteiger partial charge in [-0.15, -0.1) is 0 Å². The third-order valence-corrected chi connectivity index (χ3v) is 10.6. The molecule has 5 aromatic rings. The van der Waals surface area contributed by atoms with Gasteiger partial charge in [0, 0.05) is 30.1 Å². The largest absolute Gasteiger partial charge is 0.494 e. The van der Waals surface area contributed by atoms with E-state index in [1.165, 1.54) is 53.2 Å². The zero-order valence-electron chi connectivity index (χ0n) is 23.7. The summed E-state index contributed by atoms with van der Waals surface area (Å²) in [5.41, 5.74) is 0.225. The van der Waals surface area contributed by atoms with Crippen LogP contribution in [0.3, 0.4) is 0 Å². The number of hydrogen-bond acceptors (Lipinski definition) is 9. The molecule has 0 unspecified atom stereocenters. The van der Waals surface area contributed by atoms with Gasteiger partial charge in [-0.2, -0.15) is 4.31 Å². The molecule has 6 rings (SSSR count). The van der Waals surface area contributed by atoms with E-state index in [0.717, 1.165) is 4.57 Å². The first-order valence-corrected chi connectivity index (χ1v) is 16.8. The van der Waals surface area contributed by atoms with Gasteiger partial charge in [0.05, 0.1) is 52.8 Å². The number of nitrogens with zero attached hydrogens (tertiary/aromatic N) is 3. The molecule has 0 spiro atoms. The number of pyridine rings is 1. The van der Waals surface area contributed by atoms with Crippen LogP contribution in [0.5, 0.6) is 5.88 Å². The van der Waals surface area contributed by atoms with E-state index in [2.05, 4.69) is 9.71 Å². The van der Waals surface area contributed by atoms with Gasteiger partial charge in [0.25, 0.3) is 5.56 Å². The molecule has 3 aromatic carbocycles. The van der Waals surface area contributed by atoms with Crippen LogP contribution < -0.4 is 10.3 Å². The first kappa shape index (κ1) is 30.4. The molecule has 3 heterocycles. The molecule has 0 amide bonds. The van der Waals surface area contributed by atoms with Crippen LogP contribution in [0.25, 0.3) is 16.5 Å². The number of aromatic nitrogens is 1. The molecule has 1 fully saturated rings. The SMILES string of the molecule is O=c1c2ccccc2c(C=Nc2cccc(S(=O)(=O)NCc3ccco3)c2)c(O)n1-c1ccc(S(=O)(=O)N2CCOCC2)cc1. The number of hydrogen-bond donors (Lipinski definition) is 2. The Hall–Kier alpha value is -4.60. The van der Waals surface area contributed by atoms with Crippen molar-refractivity contribution in [1.82, 2.24) is 13.6 Å². The number of nitrogens with one attached hydrogen (secondary N) is 1. The van der Waals surface area contributed by atoms with Gasteiger partial charge in [-0.05, 0) is 60.7 Å². The number of furan rings is 1. The van der Waals surface area contributed by atoms with Crippen molar-refractivity contribution in [2.75, 3.05) is 26.3 Å². The van der Waals surface area contributed by atoms with E-state index in [4.69, 9.17) is 9.15 Å². The Kier molecular flexibility index (Phi) is 8.40. The van der Waals surface area contributed by atoms with Crippen molar-refractivity contribution < 1.29 is 31.1 Å². The highest BCUT2D eigenvalue weighted by molar-refractivity contribution is 7.89. The normalized spacial score (nSPS) is 14.8. The zero-order valence-corrected chi connectivity index (χ0v) is 25.4. The van der Waals surface area contributed by atoms with Crippen LogP contribution in [0, 0.1) is 0 Å². The van der Waals surface area contributed by atoms with Crippen LogP contribution in [-0.2, 0) is 31.3 Å². The molecule has 1 aliphatic rings. The Labute approximate surface area is 258 Å². The van der Waals surface area contributed by atoms with Crippen molar-refractivity contribution in [3.63, 3.8) is 0 Å². The van der Waals surface area contributed by atoms with E-state index >= 15 is 0 Å². The summed E-state index contributed by atoms with van der Waals surface area (Å²) >= 11 is 0. The van der Waals surface area contributed by atoms with Crippen LogP contribution in [0.15, 0.2) is 115 Å². The molecule has 232 valence electrons. The second kappa shape index (κ2) is 12.4. The highest BCUT2D eigenvalue weighted by atomic mass is 32.2. The predicted molar refractivity (Wildman–Crippen MR) is 167 cm³/mol. The number of aliphatic imine (C=N–C) groups is 1. The van der Waals surface area contributed by atoms with Crippen LogP contribution in [0.1, 0.15) is 11.3 Å². The van der Waals surface area contributed by atoms with E-state index in [1.54, 1.807) is 48.5 Å². The van der Waals surface area contributed by atoms with Gasteiger partial charge in [-0.1, -0.05) is 24.3 Å². The lowest BCUT2D eigenvalue weighted by Gasteiger charge is -2.26. The third-order valence-electron chi connectivity index (χ3n) is 7.29. The molecule has 14 heteroatoms. The number of benzene rings is 3. The van der Waals surface area contributed by atoms with Gasteiger partial charge >= 0.3 is 0 Å². The van der Waals surface area contributed by atoms with E-state index in [1.807, 2.05) is 0 Å². The molecule has 0 radical (unpaired) electrons. The summed E-state index contributed by atoms with van der Waals surface area (Å²) < 4.78 is 67.2. The Bertz CT molecular complexity index is 2150. The minimum atomic E-state index is -3.89. The van der Waals surface area contributed by atoms with Crippen molar-refractivity contribution in [2.45, 2.75) is 16.3 Å². The van der Waals surface area contributed by atoms with E-state index in [9.17, 15) is 26.7 Å². The predicted octanol–water partition coefficient (Wildman–Crippen LogP) is 3.54. The molecule has 0 bridgehead atoms. The van der Waals surface area contributed by atoms with Gasteiger partial charge in [0.15, 0.2) is 0 Å². The van der Waals surface area contributed by atoms with Crippen molar-refractivity contribution in [3.8, 4) is 11.6 Å². The molecule has 0 saturated carbocycles. The summed E-state index contributed by atoms with van der Waals surface area (Å²) in [6.07, 6.45) is 2.81. The van der Waals surface area contributed by atoms with E-state index in [-0.39, 0.29) is 46.4 Å². The quantitative estimate of drug-likeness (QED) is 0.230. The highest BCUT2D eigenvalue weighted by Gasteiger charge is 2.26. The smallest absolute Gasteiger partial charge is 0.265 e. The van der Waals surface area contributed by atoms with Gasteiger partial charge in [0.2, 0.25) is 25.9 Å². The summed E-state index contributed by atoms with van der Waals surface area (Å²) in [6.45, 7) is 1.09. The van der Waals surface area contributed by atoms with Gasteiger partial charge in [-0.25, -0.2) is 26.1 Å². The van der Waals surface area contributed by atoms with Crippen molar-refractivity contribution in [1.29, 1.82) is 0 Å². The number of rotatable bonds is 9. The van der Waals surface area contributed by atoms with Crippen LogP contribution in [-0.4, -0.2) is 63.3 Å². The third kappa shape index (κ3) is 6.18. The fraction of sp³-hybridized carbons (Fsp3) is 0.161. The topological polar surface area (TPSA) is 161 Å². The lowest BCUT2D eigenvalue weighted by molar-refractivity contribution is 0.0730. The number of aromatic hydroxyl groups is 1. The van der Waals surface area contributed by atoms with Crippen molar-refractivity contribution >= 4 is 42.7 Å². The second-order valence-corrected chi connectivity index (χ2v) is 13.8. The summed E-state index contributed by atoms with van der Waals surface area (Å²) in [5.74, 6) is 0.0359. The molecule has 1 aliphatic heterocycles. The van der Waals surface area contributed by atoms with Gasteiger partial charge in [-0.3, -0.25) is 9.79 Å². The molecule has 1 saturated heterocycles. The molecule has 45 heavy (non-hydrogen) atoms. The van der Waals surface area contributed by atoms with Crippen molar-refractivity contribution in [3.05, 3.63) is 113 Å². The Morgan fingerprint density at radius 1 is 0.867 bits per heavy atom. The standard InChI is InChI=1S/C31H28N4O8S2/c36-30-28-9-2-1-8-27(28)29(21-32-22-5-3-7-26(19-22)44(38,39)33-20-24-6-4-16-43-24)31(37)35(30)23-10-12-25(13-11-23)45(40,41)34-14-17-42-18-15-34/h1-13,16,19,21,33,37H,14-15,17-18,20H2. The average molecular weight is 649 g/mol. The number of morpholine rings is 1. The fourth-order valence-corrected chi connectivity index (χ4v) is 7.41. The molecule has 12 nitrogen and oxygen atoms in total. The molecular formula is C31H28N4O8S2. The Morgan fingerprint density at radius 3 is 2.31 bits per heavy atom. The fourth-order valence-electron chi connectivity index (χ4n) is 4.96. The van der Waals surface area contributed by atoms with E-state index in [0.29, 0.717) is 29.7 Å². The van der Waals surface area contributed by atoms with Gasteiger partial charge in [0.1, 0.15) is 5.76 Å². The van der Waals surface area contributed by atoms with Gasteiger partial charge < -0.3 is 14.3 Å². The molecular weight excluding hydrogens is 620 g/mol. The average Bonchev–Trinajstić information content (AvgIpc) is 3.59. The number of ether oxygens (including phenoxy) is 1. The van der Waals surface area contributed by atoms with Crippen LogP contribution >= 0.6 is 0 Å². The molecule has 2 aromatic heterocycles. The zero-order chi connectivity index (χ0) is 31.6. The maximum Gasteiger partial charge on any atom is 0.265 e. The molecule has 0 aliphatic carbocycles. The van der Waals surface area contributed by atoms with Crippen LogP contribution in [0.4, 0.5) is 5.69 Å². The van der Waals surface area contributed by atoms with E-state index < -0.39 is 31.5 Å². The molecule has 2 N–H and O–H groups in total. The first-order valence-electron chi connectivity index (χ1n) is 13.9. The summed E-state index contributed by atoms with van der Waals surface area (Å²) in [5, 5.41) is 12.1. The monoisotopic (exact) mass is 648 g/mol. The van der Waals surface area contributed by atoms with Crippen molar-refractivity contribution in [2.24, 2.45) is 4.99 Å². The highest BCUT2D eigenvalue weighted by Crippen LogP contribution is 2.28. The molecule has 0 atom stereocenters. The number of sulfonamides is 2. The first-order chi connectivity index (χ1) is 21.6. The lowest BCUT2D eigenvalue weighted by Crippen LogP contribution is -2.40. The minimum absolute atomic E-state index is 0.0186. The Morgan fingerprint density at radius 2 is 1.60 bits per heavy atom. The Balaban J connectivity index is 1.35. The second-order valence-electron chi connectivity index (χ2n) is 10.1. The summed E-state index contributed by atoms with van der Waals surface area (Å²) in [6, 6.07) is 21.6. The van der Waals surface area contributed by atoms with Crippen LogP contribution in [0.2, 0.25) is 0 Å². The summed E-state index contributed by atoms with van der Waals surface area (Å²) in [4.78, 5) is 18.0.